The van der Waals surface area contributed by atoms with Crippen LogP contribution >= 0.6 is 0 Å². The summed E-state index contributed by atoms with van der Waals surface area (Å²) in [6.07, 6.45) is 2.21. The van der Waals surface area contributed by atoms with Crippen LogP contribution in [-0.4, -0.2) is 30.4 Å². The molecule has 1 aliphatic carbocycles. The molecule has 0 spiro atoms. The molecule has 0 fully saturated rings. The predicted octanol–water partition coefficient (Wildman–Crippen LogP) is 2.57. The third-order valence-electron chi connectivity index (χ3n) is 3.41. The molecule has 0 aromatic heterocycles. The van der Waals surface area contributed by atoms with Crippen LogP contribution in [0.25, 0.3) is 0 Å². The first-order valence-corrected chi connectivity index (χ1v) is 6.76. The molecule has 0 radical (unpaired) electrons. The first kappa shape index (κ1) is 14.0. The Morgan fingerprint density at radius 3 is 3.00 bits per heavy atom. The quantitative estimate of drug-likeness (QED) is 0.858. The topological polar surface area (TPSA) is 55.8 Å². The third-order valence-corrected chi connectivity index (χ3v) is 3.41. The molecule has 2 unspecified atom stereocenters. The Kier molecular flexibility index (Phi) is 4.93. The first-order chi connectivity index (χ1) is 9.22. The number of benzene rings is 1. The average Bonchev–Trinajstić information content (AvgIpc) is 2.43. The van der Waals surface area contributed by atoms with E-state index in [4.69, 9.17) is 14.6 Å². The van der Waals surface area contributed by atoms with Gasteiger partial charge < -0.3 is 14.6 Å². The maximum atomic E-state index is 11.0. The largest absolute Gasteiger partial charge is 0.479 e. The van der Waals surface area contributed by atoms with Crippen molar-refractivity contribution in [1.29, 1.82) is 0 Å². The molecule has 104 valence electrons. The average molecular weight is 264 g/mol. The molecular formula is C15H20O4. The molecule has 1 N–H and O–H groups in total. The maximum absolute atomic E-state index is 11.0. The van der Waals surface area contributed by atoms with E-state index in [9.17, 15) is 4.79 Å². The number of ether oxygens (including phenoxy) is 2. The summed E-state index contributed by atoms with van der Waals surface area (Å²) < 4.78 is 10.9. The Balaban J connectivity index is 1.98. The molecule has 4 nitrogen and oxygen atoms in total. The van der Waals surface area contributed by atoms with Gasteiger partial charge in [0.25, 0.3) is 0 Å². The lowest BCUT2D eigenvalue weighted by Gasteiger charge is -2.26. The highest BCUT2D eigenvalue weighted by atomic mass is 16.6. The normalized spacial score (nSPS) is 19.7. The van der Waals surface area contributed by atoms with Crippen molar-refractivity contribution in [2.75, 3.05) is 13.2 Å². The van der Waals surface area contributed by atoms with Crippen LogP contribution in [0.15, 0.2) is 24.3 Å². The maximum Gasteiger partial charge on any atom is 0.335 e. The highest BCUT2D eigenvalue weighted by Crippen LogP contribution is 2.32. The van der Waals surface area contributed by atoms with E-state index in [1.165, 1.54) is 11.1 Å². The molecular weight excluding hydrogens is 244 g/mol. The lowest BCUT2D eigenvalue weighted by Crippen LogP contribution is -2.30. The molecule has 2 atom stereocenters. The number of aliphatic carboxylic acids is 1. The standard InChI is InChI=1S/C15H20O4/c1-2-18-14(15(16)17)10-19-13-9-5-7-11-6-3-4-8-12(11)13/h3-4,6,8,13-14H,2,5,7,9-10H2,1H3,(H,16,17). The van der Waals surface area contributed by atoms with E-state index in [-0.39, 0.29) is 12.7 Å². The van der Waals surface area contributed by atoms with Crippen LogP contribution in [0.3, 0.4) is 0 Å². The highest BCUT2D eigenvalue weighted by Gasteiger charge is 2.24. The van der Waals surface area contributed by atoms with Crippen LogP contribution in [0, 0.1) is 0 Å². The molecule has 0 aliphatic heterocycles. The van der Waals surface area contributed by atoms with Crippen molar-refractivity contribution in [1.82, 2.24) is 0 Å². The number of carbonyl (C=O) groups is 1. The number of aryl methyl sites for hydroxylation is 1. The van der Waals surface area contributed by atoms with Crippen LogP contribution in [0.2, 0.25) is 0 Å². The number of hydrogen-bond donors (Lipinski definition) is 1. The van der Waals surface area contributed by atoms with E-state index in [1.54, 1.807) is 6.92 Å². The van der Waals surface area contributed by atoms with Crippen molar-refractivity contribution in [2.45, 2.75) is 38.4 Å². The number of hydrogen-bond acceptors (Lipinski definition) is 3. The molecule has 1 aliphatic rings. The first-order valence-electron chi connectivity index (χ1n) is 6.76. The van der Waals surface area contributed by atoms with Crippen LogP contribution in [0.1, 0.15) is 37.0 Å². The zero-order valence-corrected chi connectivity index (χ0v) is 11.2. The van der Waals surface area contributed by atoms with Gasteiger partial charge in [-0.25, -0.2) is 4.79 Å². The number of carboxylic acids is 1. The number of rotatable bonds is 6. The molecule has 0 bridgehead atoms. The molecule has 19 heavy (non-hydrogen) atoms. The molecule has 2 rings (SSSR count). The van der Waals surface area contributed by atoms with Gasteiger partial charge in [0.15, 0.2) is 6.10 Å². The fourth-order valence-corrected chi connectivity index (χ4v) is 2.48. The highest BCUT2D eigenvalue weighted by molar-refractivity contribution is 5.72. The SMILES string of the molecule is CCOC(COC1CCCc2ccccc21)C(=O)O. The fourth-order valence-electron chi connectivity index (χ4n) is 2.48. The van der Waals surface area contributed by atoms with Gasteiger partial charge in [0.05, 0.1) is 12.7 Å². The van der Waals surface area contributed by atoms with E-state index in [2.05, 4.69) is 12.1 Å². The Morgan fingerprint density at radius 2 is 2.26 bits per heavy atom. The van der Waals surface area contributed by atoms with Gasteiger partial charge in [0.2, 0.25) is 0 Å². The van der Waals surface area contributed by atoms with Gasteiger partial charge in [-0.2, -0.15) is 0 Å². The predicted molar refractivity (Wildman–Crippen MR) is 71.1 cm³/mol. The molecule has 0 saturated heterocycles. The number of carboxylic acid groups (broad SMARTS) is 1. The van der Waals surface area contributed by atoms with Crippen molar-refractivity contribution in [3.8, 4) is 0 Å². The van der Waals surface area contributed by atoms with Crippen molar-refractivity contribution < 1.29 is 19.4 Å². The van der Waals surface area contributed by atoms with Crippen molar-refractivity contribution >= 4 is 5.97 Å². The Labute approximate surface area is 113 Å². The Morgan fingerprint density at radius 1 is 1.47 bits per heavy atom. The third kappa shape index (κ3) is 3.55. The molecule has 1 aromatic carbocycles. The zero-order chi connectivity index (χ0) is 13.7. The van der Waals surface area contributed by atoms with E-state index in [1.807, 2.05) is 12.1 Å². The molecule has 0 saturated carbocycles. The van der Waals surface area contributed by atoms with Crippen molar-refractivity contribution in [3.05, 3.63) is 35.4 Å². The Bertz CT molecular complexity index is 430. The monoisotopic (exact) mass is 264 g/mol. The minimum atomic E-state index is -0.967. The second-order valence-electron chi connectivity index (χ2n) is 4.70. The van der Waals surface area contributed by atoms with Crippen LogP contribution in [0.5, 0.6) is 0 Å². The van der Waals surface area contributed by atoms with Gasteiger partial charge >= 0.3 is 5.97 Å². The van der Waals surface area contributed by atoms with Crippen molar-refractivity contribution in [2.24, 2.45) is 0 Å². The summed E-state index contributed by atoms with van der Waals surface area (Å²) in [5.74, 6) is -0.967. The summed E-state index contributed by atoms with van der Waals surface area (Å²) in [5.41, 5.74) is 2.50. The summed E-state index contributed by atoms with van der Waals surface area (Å²) in [6, 6.07) is 8.21. The molecule has 0 amide bonds. The fraction of sp³-hybridized carbons (Fsp3) is 0.533. The van der Waals surface area contributed by atoms with Gasteiger partial charge in [0, 0.05) is 6.61 Å². The van der Waals surface area contributed by atoms with Gasteiger partial charge in [0.1, 0.15) is 0 Å². The number of fused-ring (bicyclic) bond motifs is 1. The summed E-state index contributed by atoms with van der Waals surface area (Å²) >= 11 is 0. The van der Waals surface area contributed by atoms with Crippen LogP contribution in [-0.2, 0) is 20.7 Å². The van der Waals surface area contributed by atoms with Crippen molar-refractivity contribution in [3.63, 3.8) is 0 Å². The molecule has 1 aromatic rings. The Hall–Kier alpha value is -1.39. The van der Waals surface area contributed by atoms with Gasteiger partial charge in [-0.05, 0) is 37.3 Å². The molecule has 0 heterocycles. The van der Waals surface area contributed by atoms with E-state index in [0.717, 1.165) is 19.3 Å². The smallest absolute Gasteiger partial charge is 0.335 e. The second kappa shape index (κ2) is 6.68. The summed E-state index contributed by atoms with van der Waals surface area (Å²) in [5, 5.41) is 9.02. The van der Waals surface area contributed by atoms with Gasteiger partial charge in [-0.3, -0.25) is 0 Å². The van der Waals surface area contributed by atoms with Gasteiger partial charge in [-0.1, -0.05) is 24.3 Å². The summed E-state index contributed by atoms with van der Waals surface area (Å²) in [7, 11) is 0. The van der Waals surface area contributed by atoms with E-state index in [0.29, 0.717) is 6.61 Å². The van der Waals surface area contributed by atoms with Crippen LogP contribution in [0.4, 0.5) is 0 Å². The second-order valence-corrected chi connectivity index (χ2v) is 4.70. The summed E-state index contributed by atoms with van der Waals surface area (Å²) in [4.78, 5) is 11.0. The lowest BCUT2D eigenvalue weighted by atomic mass is 9.89. The minimum Gasteiger partial charge on any atom is -0.479 e. The lowest BCUT2D eigenvalue weighted by molar-refractivity contribution is -0.156. The van der Waals surface area contributed by atoms with E-state index < -0.39 is 12.1 Å². The van der Waals surface area contributed by atoms with E-state index >= 15 is 0 Å². The summed E-state index contributed by atoms with van der Waals surface area (Å²) in [6.45, 7) is 2.26. The minimum absolute atomic E-state index is 0.00717. The van der Waals surface area contributed by atoms with Gasteiger partial charge in [-0.15, -0.1) is 0 Å². The van der Waals surface area contributed by atoms with Crippen LogP contribution < -0.4 is 0 Å². The molecule has 4 heteroatoms. The zero-order valence-electron chi connectivity index (χ0n) is 11.2.